The molecule has 0 spiro atoms. The Kier molecular flexibility index (Phi) is 3.82. The van der Waals surface area contributed by atoms with Crippen LogP contribution in [0.4, 0.5) is 5.69 Å². The van der Waals surface area contributed by atoms with Gasteiger partial charge < -0.3 is 16.4 Å². The third-order valence-corrected chi connectivity index (χ3v) is 3.03. The molecular weight excluding hydrogens is 230 g/mol. The van der Waals surface area contributed by atoms with Gasteiger partial charge in [-0.1, -0.05) is 18.2 Å². The molecule has 1 aromatic carbocycles. The number of amides is 2. The average Bonchev–Trinajstić information content (AvgIpc) is 2.35. The van der Waals surface area contributed by atoms with Gasteiger partial charge >= 0.3 is 0 Å². The van der Waals surface area contributed by atoms with Crippen molar-refractivity contribution in [2.24, 2.45) is 0 Å². The molecule has 1 aliphatic rings. The highest BCUT2D eigenvalue weighted by molar-refractivity contribution is 5.89. The fraction of sp³-hybridized carbons (Fsp3) is 0.385. The number of benzene rings is 1. The number of piperidine rings is 1. The summed E-state index contributed by atoms with van der Waals surface area (Å²) in [6.45, 7) is 0.691. The highest BCUT2D eigenvalue weighted by Gasteiger charge is 2.23. The van der Waals surface area contributed by atoms with Crippen molar-refractivity contribution in [2.45, 2.75) is 25.3 Å². The quantitative estimate of drug-likeness (QED) is 0.667. The van der Waals surface area contributed by atoms with E-state index in [-0.39, 0.29) is 18.2 Å². The highest BCUT2D eigenvalue weighted by atomic mass is 16.2. The Labute approximate surface area is 106 Å². The van der Waals surface area contributed by atoms with Crippen LogP contribution in [0.5, 0.6) is 0 Å². The zero-order chi connectivity index (χ0) is 13.0. The Morgan fingerprint density at radius 3 is 2.94 bits per heavy atom. The molecule has 1 aromatic rings. The summed E-state index contributed by atoms with van der Waals surface area (Å²) in [4.78, 5) is 23.3. The molecule has 1 saturated heterocycles. The molecule has 5 heteroatoms. The average molecular weight is 247 g/mol. The summed E-state index contributed by atoms with van der Waals surface area (Å²) in [6, 6.07) is 6.83. The zero-order valence-electron chi connectivity index (χ0n) is 10.1. The summed E-state index contributed by atoms with van der Waals surface area (Å²) in [5.74, 6) is -0.273. The van der Waals surface area contributed by atoms with Crippen LogP contribution in [0.25, 0.3) is 0 Å². The SMILES string of the molecule is Nc1ccccc1CC(=O)NC1CCCNC1=O. The van der Waals surface area contributed by atoms with Crippen molar-refractivity contribution in [1.82, 2.24) is 10.6 Å². The summed E-state index contributed by atoms with van der Waals surface area (Å²) >= 11 is 0. The van der Waals surface area contributed by atoms with E-state index in [0.717, 1.165) is 12.0 Å². The van der Waals surface area contributed by atoms with E-state index in [0.29, 0.717) is 18.7 Å². The summed E-state index contributed by atoms with van der Waals surface area (Å²) < 4.78 is 0. The van der Waals surface area contributed by atoms with Crippen molar-refractivity contribution in [3.8, 4) is 0 Å². The summed E-state index contributed by atoms with van der Waals surface area (Å²) in [5.41, 5.74) is 7.15. The van der Waals surface area contributed by atoms with Crippen LogP contribution in [0.3, 0.4) is 0 Å². The van der Waals surface area contributed by atoms with Crippen molar-refractivity contribution in [1.29, 1.82) is 0 Å². The molecule has 0 saturated carbocycles. The van der Waals surface area contributed by atoms with Gasteiger partial charge in [-0.2, -0.15) is 0 Å². The molecule has 96 valence electrons. The number of nitrogens with two attached hydrogens (primary N) is 1. The van der Waals surface area contributed by atoms with Gasteiger partial charge in [-0.3, -0.25) is 9.59 Å². The van der Waals surface area contributed by atoms with E-state index in [2.05, 4.69) is 10.6 Å². The first kappa shape index (κ1) is 12.4. The normalized spacial score (nSPS) is 19.1. The molecule has 4 N–H and O–H groups in total. The monoisotopic (exact) mass is 247 g/mol. The van der Waals surface area contributed by atoms with E-state index in [9.17, 15) is 9.59 Å². The fourth-order valence-electron chi connectivity index (χ4n) is 2.02. The van der Waals surface area contributed by atoms with Crippen LogP contribution in [0, 0.1) is 0 Å². The summed E-state index contributed by atoms with van der Waals surface area (Å²) in [5, 5.41) is 5.47. The standard InChI is InChI=1S/C13H17N3O2/c14-10-5-2-1-4-9(10)8-12(17)16-11-6-3-7-15-13(11)18/h1-2,4-5,11H,3,6-8,14H2,(H,15,18)(H,16,17). The number of nitrogen functional groups attached to an aromatic ring is 1. The maximum Gasteiger partial charge on any atom is 0.242 e. The number of hydrogen-bond donors (Lipinski definition) is 3. The maximum absolute atomic E-state index is 11.8. The summed E-state index contributed by atoms with van der Waals surface area (Å²) in [7, 11) is 0. The van der Waals surface area contributed by atoms with E-state index in [4.69, 9.17) is 5.73 Å². The minimum atomic E-state index is -0.406. The number of hydrogen-bond acceptors (Lipinski definition) is 3. The van der Waals surface area contributed by atoms with Crippen LogP contribution in [-0.4, -0.2) is 24.4 Å². The van der Waals surface area contributed by atoms with Gasteiger partial charge in [0, 0.05) is 12.2 Å². The van der Waals surface area contributed by atoms with Gasteiger partial charge in [-0.05, 0) is 24.5 Å². The van der Waals surface area contributed by atoms with Crippen LogP contribution in [0.2, 0.25) is 0 Å². The zero-order valence-corrected chi connectivity index (χ0v) is 10.1. The Balaban J connectivity index is 1.92. The number of anilines is 1. The van der Waals surface area contributed by atoms with Crippen LogP contribution >= 0.6 is 0 Å². The predicted molar refractivity (Wildman–Crippen MR) is 68.7 cm³/mol. The van der Waals surface area contributed by atoms with Gasteiger partial charge in [0.05, 0.1) is 6.42 Å². The van der Waals surface area contributed by atoms with Crippen molar-refractivity contribution in [3.05, 3.63) is 29.8 Å². The van der Waals surface area contributed by atoms with E-state index in [1.807, 2.05) is 18.2 Å². The molecule has 2 rings (SSSR count). The molecule has 1 atom stereocenters. The Hall–Kier alpha value is -2.04. The molecule has 0 bridgehead atoms. The van der Waals surface area contributed by atoms with Gasteiger partial charge in [0.1, 0.15) is 6.04 Å². The van der Waals surface area contributed by atoms with E-state index in [1.165, 1.54) is 0 Å². The smallest absolute Gasteiger partial charge is 0.242 e. The number of carbonyl (C=O) groups excluding carboxylic acids is 2. The largest absolute Gasteiger partial charge is 0.398 e. The molecule has 0 aliphatic carbocycles. The molecule has 2 amide bonds. The molecular formula is C13H17N3O2. The third-order valence-electron chi connectivity index (χ3n) is 3.03. The van der Waals surface area contributed by atoms with Crippen molar-refractivity contribution < 1.29 is 9.59 Å². The lowest BCUT2D eigenvalue weighted by molar-refractivity contribution is -0.129. The van der Waals surface area contributed by atoms with Gasteiger partial charge in [-0.25, -0.2) is 0 Å². The highest BCUT2D eigenvalue weighted by Crippen LogP contribution is 2.11. The predicted octanol–water partition coefficient (Wildman–Crippen LogP) is 0.206. The summed E-state index contributed by atoms with van der Waals surface area (Å²) in [6.07, 6.45) is 1.79. The Morgan fingerprint density at radius 2 is 2.22 bits per heavy atom. The lowest BCUT2D eigenvalue weighted by Gasteiger charge is -2.22. The number of rotatable bonds is 3. The molecule has 5 nitrogen and oxygen atoms in total. The van der Waals surface area contributed by atoms with Gasteiger partial charge in [-0.15, -0.1) is 0 Å². The topological polar surface area (TPSA) is 84.2 Å². The molecule has 0 aromatic heterocycles. The van der Waals surface area contributed by atoms with E-state index >= 15 is 0 Å². The number of para-hydroxylation sites is 1. The molecule has 0 radical (unpaired) electrons. The fourth-order valence-corrected chi connectivity index (χ4v) is 2.02. The maximum atomic E-state index is 11.8. The van der Waals surface area contributed by atoms with Crippen molar-refractivity contribution >= 4 is 17.5 Å². The molecule has 1 aliphatic heterocycles. The number of carbonyl (C=O) groups is 2. The Morgan fingerprint density at radius 1 is 1.44 bits per heavy atom. The van der Waals surface area contributed by atoms with Crippen molar-refractivity contribution in [3.63, 3.8) is 0 Å². The second kappa shape index (κ2) is 5.53. The second-order valence-electron chi connectivity index (χ2n) is 4.43. The first-order valence-corrected chi connectivity index (χ1v) is 6.07. The van der Waals surface area contributed by atoms with E-state index in [1.54, 1.807) is 6.07 Å². The molecule has 1 fully saturated rings. The molecule has 1 heterocycles. The first-order valence-electron chi connectivity index (χ1n) is 6.07. The van der Waals surface area contributed by atoms with Gasteiger partial charge in [0.2, 0.25) is 11.8 Å². The van der Waals surface area contributed by atoms with Crippen LogP contribution in [-0.2, 0) is 16.0 Å². The van der Waals surface area contributed by atoms with Crippen LogP contribution in [0.1, 0.15) is 18.4 Å². The third kappa shape index (κ3) is 3.00. The van der Waals surface area contributed by atoms with Gasteiger partial charge in [0.25, 0.3) is 0 Å². The van der Waals surface area contributed by atoms with Crippen LogP contribution in [0.15, 0.2) is 24.3 Å². The van der Waals surface area contributed by atoms with E-state index < -0.39 is 6.04 Å². The molecule has 1 unspecified atom stereocenters. The van der Waals surface area contributed by atoms with Crippen molar-refractivity contribution in [2.75, 3.05) is 12.3 Å². The Bertz CT molecular complexity index is 459. The first-order chi connectivity index (χ1) is 8.66. The lowest BCUT2D eigenvalue weighted by Crippen LogP contribution is -2.50. The van der Waals surface area contributed by atoms with Crippen LogP contribution < -0.4 is 16.4 Å². The number of nitrogens with one attached hydrogen (secondary N) is 2. The minimum Gasteiger partial charge on any atom is -0.398 e. The van der Waals surface area contributed by atoms with Gasteiger partial charge in [0.15, 0.2) is 0 Å². The minimum absolute atomic E-state index is 0.101. The molecule has 18 heavy (non-hydrogen) atoms. The lowest BCUT2D eigenvalue weighted by atomic mass is 10.1. The second-order valence-corrected chi connectivity index (χ2v) is 4.43.